The summed E-state index contributed by atoms with van der Waals surface area (Å²) >= 11 is 0. The molecule has 0 aliphatic heterocycles. The molecule has 0 aromatic carbocycles. The molecule has 6 heteroatoms. The van der Waals surface area contributed by atoms with Crippen molar-refractivity contribution in [3.63, 3.8) is 0 Å². The van der Waals surface area contributed by atoms with Crippen molar-refractivity contribution >= 4 is 11.7 Å². The van der Waals surface area contributed by atoms with Crippen molar-refractivity contribution in [1.29, 1.82) is 0 Å². The number of rotatable bonds is 6. The Hall–Kier alpha value is -1.69. The molecule has 0 aliphatic carbocycles. The second-order valence-corrected chi connectivity index (χ2v) is 4.37. The molecule has 1 heterocycles. The van der Waals surface area contributed by atoms with Gasteiger partial charge in [0.2, 0.25) is 0 Å². The smallest absolute Gasteiger partial charge is 0.274 e. The van der Waals surface area contributed by atoms with E-state index in [0.29, 0.717) is 18.1 Å². The van der Waals surface area contributed by atoms with Gasteiger partial charge in [-0.05, 0) is 34.0 Å². The maximum absolute atomic E-state index is 12.1. The fraction of sp³-hybridized carbons (Fsp3) is 0.583. The lowest BCUT2D eigenvalue weighted by atomic mass is 10.3. The Balaban J connectivity index is 2.59. The molecule has 0 spiro atoms. The van der Waals surface area contributed by atoms with Crippen molar-refractivity contribution in [2.75, 3.05) is 39.5 Å². The van der Waals surface area contributed by atoms with Crippen LogP contribution in [-0.2, 0) is 0 Å². The number of carbonyl (C=O) groups is 1. The molecular formula is C12H21N5O. The first-order chi connectivity index (χ1) is 8.54. The lowest BCUT2D eigenvalue weighted by Crippen LogP contribution is -2.33. The molecule has 2 N–H and O–H groups in total. The van der Waals surface area contributed by atoms with Crippen LogP contribution in [0.5, 0.6) is 0 Å². The predicted molar refractivity (Wildman–Crippen MR) is 71.2 cm³/mol. The van der Waals surface area contributed by atoms with Crippen LogP contribution in [0.15, 0.2) is 12.4 Å². The predicted octanol–water partition coefficient (Wildman–Crippen LogP) is 0.473. The van der Waals surface area contributed by atoms with E-state index in [1.54, 1.807) is 4.90 Å². The Morgan fingerprint density at radius 2 is 2.00 bits per heavy atom. The van der Waals surface area contributed by atoms with Gasteiger partial charge in [0.15, 0.2) is 0 Å². The Kier molecular flexibility index (Phi) is 5.51. The molecule has 1 amide bonds. The standard InChI is InChI=1S/C12H21N5O/c1-4-17(7-5-6-16(2)3)12(18)10-8-15-11(13)9-14-10/h8-9H,4-7H2,1-3H3,(H2,13,15). The van der Waals surface area contributed by atoms with Gasteiger partial charge in [-0.25, -0.2) is 9.97 Å². The Morgan fingerprint density at radius 1 is 1.28 bits per heavy atom. The third kappa shape index (κ3) is 4.29. The topological polar surface area (TPSA) is 75.3 Å². The van der Waals surface area contributed by atoms with Crippen LogP contribution in [0.2, 0.25) is 0 Å². The zero-order valence-electron chi connectivity index (χ0n) is 11.3. The van der Waals surface area contributed by atoms with Gasteiger partial charge in [-0.1, -0.05) is 0 Å². The molecule has 1 aromatic heterocycles. The molecule has 100 valence electrons. The minimum Gasteiger partial charge on any atom is -0.382 e. The lowest BCUT2D eigenvalue weighted by molar-refractivity contribution is 0.0753. The van der Waals surface area contributed by atoms with E-state index in [9.17, 15) is 4.79 Å². The highest BCUT2D eigenvalue weighted by molar-refractivity contribution is 5.92. The van der Waals surface area contributed by atoms with E-state index < -0.39 is 0 Å². The van der Waals surface area contributed by atoms with Crippen LogP contribution in [0.25, 0.3) is 0 Å². The molecule has 0 saturated heterocycles. The molecule has 0 saturated carbocycles. The summed E-state index contributed by atoms with van der Waals surface area (Å²) in [4.78, 5) is 23.9. The Labute approximate surface area is 108 Å². The molecule has 1 aromatic rings. The summed E-state index contributed by atoms with van der Waals surface area (Å²) < 4.78 is 0. The molecule has 0 aliphatic rings. The van der Waals surface area contributed by atoms with Gasteiger partial charge < -0.3 is 15.5 Å². The number of nitrogen functional groups attached to an aromatic ring is 1. The number of nitrogens with zero attached hydrogens (tertiary/aromatic N) is 4. The summed E-state index contributed by atoms with van der Waals surface area (Å²) in [7, 11) is 4.03. The van der Waals surface area contributed by atoms with Crippen LogP contribution in [0.3, 0.4) is 0 Å². The van der Waals surface area contributed by atoms with Gasteiger partial charge in [-0.15, -0.1) is 0 Å². The Bertz CT molecular complexity index is 377. The highest BCUT2D eigenvalue weighted by Crippen LogP contribution is 2.03. The van der Waals surface area contributed by atoms with E-state index in [1.807, 2.05) is 21.0 Å². The average Bonchev–Trinajstić information content (AvgIpc) is 2.34. The zero-order chi connectivity index (χ0) is 13.5. The second kappa shape index (κ2) is 6.90. The molecule has 0 radical (unpaired) electrons. The van der Waals surface area contributed by atoms with Crippen LogP contribution in [0.1, 0.15) is 23.8 Å². The van der Waals surface area contributed by atoms with E-state index in [2.05, 4.69) is 14.9 Å². The largest absolute Gasteiger partial charge is 0.382 e. The molecular weight excluding hydrogens is 230 g/mol. The maximum atomic E-state index is 12.1. The highest BCUT2D eigenvalue weighted by atomic mass is 16.2. The van der Waals surface area contributed by atoms with E-state index in [-0.39, 0.29) is 5.91 Å². The first-order valence-electron chi connectivity index (χ1n) is 6.06. The maximum Gasteiger partial charge on any atom is 0.274 e. The monoisotopic (exact) mass is 251 g/mol. The average molecular weight is 251 g/mol. The zero-order valence-corrected chi connectivity index (χ0v) is 11.3. The fourth-order valence-electron chi connectivity index (χ4n) is 1.59. The summed E-state index contributed by atoms with van der Waals surface area (Å²) in [5, 5.41) is 0. The molecule has 0 bridgehead atoms. The van der Waals surface area contributed by atoms with Crippen LogP contribution in [0, 0.1) is 0 Å². The molecule has 6 nitrogen and oxygen atoms in total. The summed E-state index contributed by atoms with van der Waals surface area (Å²) in [5.74, 6) is 0.228. The minimum absolute atomic E-state index is 0.0937. The van der Waals surface area contributed by atoms with E-state index in [1.165, 1.54) is 12.4 Å². The first kappa shape index (κ1) is 14.4. The number of nitrogens with two attached hydrogens (primary N) is 1. The van der Waals surface area contributed by atoms with E-state index >= 15 is 0 Å². The summed E-state index contributed by atoms with van der Waals surface area (Å²) in [6, 6.07) is 0. The third-order valence-electron chi connectivity index (χ3n) is 2.59. The molecule has 0 fully saturated rings. The number of hydrogen-bond acceptors (Lipinski definition) is 5. The fourth-order valence-corrected chi connectivity index (χ4v) is 1.59. The van der Waals surface area contributed by atoms with Crippen LogP contribution in [0.4, 0.5) is 5.82 Å². The van der Waals surface area contributed by atoms with E-state index in [4.69, 9.17) is 5.73 Å². The quantitative estimate of drug-likeness (QED) is 0.795. The van der Waals surface area contributed by atoms with Crippen LogP contribution in [-0.4, -0.2) is 59.4 Å². The van der Waals surface area contributed by atoms with Crippen molar-refractivity contribution in [2.45, 2.75) is 13.3 Å². The summed E-state index contributed by atoms with van der Waals surface area (Å²) in [6.45, 7) is 4.30. The number of anilines is 1. The number of carbonyl (C=O) groups excluding carboxylic acids is 1. The normalized spacial score (nSPS) is 10.7. The third-order valence-corrected chi connectivity index (χ3v) is 2.59. The molecule has 0 unspecified atom stereocenters. The van der Waals surface area contributed by atoms with Crippen molar-refractivity contribution in [3.8, 4) is 0 Å². The van der Waals surface area contributed by atoms with Gasteiger partial charge in [0.05, 0.1) is 12.4 Å². The van der Waals surface area contributed by atoms with Gasteiger partial charge in [0.1, 0.15) is 11.5 Å². The van der Waals surface area contributed by atoms with Gasteiger partial charge in [0.25, 0.3) is 5.91 Å². The van der Waals surface area contributed by atoms with Gasteiger partial charge in [-0.3, -0.25) is 4.79 Å². The van der Waals surface area contributed by atoms with Gasteiger partial charge >= 0.3 is 0 Å². The minimum atomic E-state index is -0.0937. The number of hydrogen-bond donors (Lipinski definition) is 1. The summed E-state index contributed by atoms with van der Waals surface area (Å²) in [5.41, 5.74) is 5.79. The highest BCUT2D eigenvalue weighted by Gasteiger charge is 2.15. The molecule has 1 rings (SSSR count). The SMILES string of the molecule is CCN(CCCN(C)C)C(=O)c1cnc(N)cn1. The summed E-state index contributed by atoms with van der Waals surface area (Å²) in [6.07, 6.45) is 3.77. The van der Waals surface area contributed by atoms with Crippen molar-refractivity contribution in [1.82, 2.24) is 19.8 Å². The number of aromatic nitrogens is 2. The van der Waals surface area contributed by atoms with Crippen molar-refractivity contribution in [3.05, 3.63) is 18.1 Å². The first-order valence-corrected chi connectivity index (χ1v) is 6.06. The Morgan fingerprint density at radius 3 is 2.50 bits per heavy atom. The molecule has 0 atom stereocenters. The molecule has 18 heavy (non-hydrogen) atoms. The van der Waals surface area contributed by atoms with Crippen molar-refractivity contribution in [2.24, 2.45) is 0 Å². The van der Waals surface area contributed by atoms with Crippen LogP contribution < -0.4 is 5.73 Å². The van der Waals surface area contributed by atoms with Crippen molar-refractivity contribution < 1.29 is 4.79 Å². The van der Waals surface area contributed by atoms with E-state index in [0.717, 1.165) is 19.5 Å². The lowest BCUT2D eigenvalue weighted by Gasteiger charge is -2.21. The van der Waals surface area contributed by atoms with Crippen LogP contribution >= 0.6 is 0 Å². The van der Waals surface area contributed by atoms with Gasteiger partial charge in [0, 0.05) is 13.1 Å². The van der Waals surface area contributed by atoms with Gasteiger partial charge in [-0.2, -0.15) is 0 Å². The number of amides is 1. The second-order valence-electron chi connectivity index (χ2n) is 4.37.